The molecule has 1 atom stereocenters. The van der Waals surface area contributed by atoms with Crippen LogP contribution < -0.4 is 16.8 Å². The fraction of sp³-hybridized carbons (Fsp3) is 0.700. The highest BCUT2D eigenvalue weighted by atomic mass is 16.2. The average molecular weight is 242 g/mol. The molecule has 96 valence electrons. The monoisotopic (exact) mass is 242 g/mol. The Morgan fingerprint density at radius 2 is 1.76 bits per heavy atom. The zero-order chi connectivity index (χ0) is 13.1. The van der Waals surface area contributed by atoms with Gasteiger partial charge in [-0.15, -0.1) is 0 Å². The molecule has 0 saturated carbocycles. The average Bonchev–Trinajstić information content (AvgIpc) is 2.63. The van der Waals surface area contributed by atoms with Crippen molar-refractivity contribution in [1.82, 2.24) is 10.2 Å². The van der Waals surface area contributed by atoms with Gasteiger partial charge in [0.05, 0.1) is 18.5 Å². The fourth-order valence-corrected chi connectivity index (χ4v) is 1.96. The van der Waals surface area contributed by atoms with Gasteiger partial charge in [0.2, 0.25) is 17.7 Å². The SMILES string of the molecule is CC1(C(=O)N(CC(N)=O)CC(N)=O)CCNC1. The Labute approximate surface area is 99.5 Å². The van der Waals surface area contributed by atoms with Gasteiger partial charge in [0.1, 0.15) is 0 Å². The third-order valence-corrected chi connectivity index (χ3v) is 2.87. The minimum Gasteiger partial charge on any atom is -0.368 e. The lowest BCUT2D eigenvalue weighted by Gasteiger charge is -2.29. The van der Waals surface area contributed by atoms with Gasteiger partial charge in [-0.2, -0.15) is 0 Å². The highest BCUT2D eigenvalue weighted by Gasteiger charge is 2.39. The second-order valence-corrected chi connectivity index (χ2v) is 4.58. The van der Waals surface area contributed by atoms with Crippen molar-refractivity contribution in [2.24, 2.45) is 16.9 Å². The summed E-state index contributed by atoms with van der Waals surface area (Å²) in [5.41, 5.74) is 9.50. The van der Waals surface area contributed by atoms with E-state index in [4.69, 9.17) is 11.5 Å². The molecule has 0 aromatic heterocycles. The summed E-state index contributed by atoms with van der Waals surface area (Å²) >= 11 is 0. The lowest BCUT2D eigenvalue weighted by Crippen LogP contribution is -2.49. The molecule has 17 heavy (non-hydrogen) atoms. The Balaban J connectivity index is 2.77. The van der Waals surface area contributed by atoms with E-state index in [1.54, 1.807) is 6.92 Å². The van der Waals surface area contributed by atoms with Crippen LogP contribution in [0.3, 0.4) is 0 Å². The molecule has 0 spiro atoms. The van der Waals surface area contributed by atoms with E-state index < -0.39 is 17.2 Å². The van der Waals surface area contributed by atoms with Crippen molar-refractivity contribution in [3.05, 3.63) is 0 Å². The highest BCUT2D eigenvalue weighted by molar-refractivity contribution is 5.91. The Kier molecular flexibility index (Phi) is 4.06. The van der Waals surface area contributed by atoms with Crippen molar-refractivity contribution in [3.8, 4) is 0 Å². The van der Waals surface area contributed by atoms with Crippen LogP contribution in [-0.2, 0) is 14.4 Å². The van der Waals surface area contributed by atoms with Gasteiger partial charge in [-0.1, -0.05) is 0 Å². The molecular formula is C10H18N4O3. The summed E-state index contributed by atoms with van der Waals surface area (Å²) in [6, 6.07) is 0. The predicted octanol–water partition coefficient (Wildman–Crippen LogP) is -2.21. The number of nitrogens with one attached hydrogen (secondary N) is 1. The van der Waals surface area contributed by atoms with E-state index in [1.807, 2.05) is 0 Å². The number of nitrogens with zero attached hydrogens (tertiary/aromatic N) is 1. The minimum absolute atomic E-state index is 0.264. The molecule has 1 aliphatic heterocycles. The lowest BCUT2D eigenvalue weighted by molar-refractivity contribution is -0.145. The predicted molar refractivity (Wildman–Crippen MR) is 60.6 cm³/mol. The zero-order valence-corrected chi connectivity index (χ0v) is 9.86. The molecule has 3 amide bonds. The molecule has 1 unspecified atom stereocenters. The zero-order valence-electron chi connectivity index (χ0n) is 9.86. The van der Waals surface area contributed by atoms with Crippen LogP contribution in [0, 0.1) is 5.41 Å². The van der Waals surface area contributed by atoms with Crippen LogP contribution in [-0.4, -0.2) is 48.8 Å². The number of rotatable bonds is 5. The molecule has 7 heteroatoms. The first-order valence-corrected chi connectivity index (χ1v) is 5.42. The van der Waals surface area contributed by atoms with E-state index in [0.717, 1.165) is 11.4 Å². The largest absolute Gasteiger partial charge is 0.368 e. The van der Waals surface area contributed by atoms with Crippen LogP contribution in [0.25, 0.3) is 0 Å². The van der Waals surface area contributed by atoms with Crippen molar-refractivity contribution < 1.29 is 14.4 Å². The molecule has 0 aromatic rings. The molecular weight excluding hydrogens is 224 g/mol. The molecule has 1 rings (SSSR count). The lowest BCUT2D eigenvalue weighted by atomic mass is 9.88. The van der Waals surface area contributed by atoms with Crippen LogP contribution in [0.5, 0.6) is 0 Å². The Morgan fingerprint density at radius 3 is 2.12 bits per heavy atom. The molecule has 7 nitrogen and oxygen atoms in total. The summed E-state index contributed by atoms with van der Waals surface area (Å²) in [5, 5.41) is 3.08. The van der Waals surface area contributed by atoms with Crippen molar-refractivity contribution >= 4 is 17.7 Å². The maximum atomic E-state index is 12.2. The summed E-state index contributed by atoms with van der Waals surface area (Å²) in [5.74, 6) is -1.58. The standard InChI is InChI=1S/C10H18N4O3/c1-10(2-3-13-6-10)9(17)14(4-7(11)15)5-8(12)16/h13H,2-6H2,1H3,(H2,11,15)(H2,12,16). The summed E-state index contributed by atoms with van der Waals surface area (Å²) < 4.78 is 0. The number of carbonyl (C=O) groups excluding carboxylic acids is 3. The number of carbonyl (C=O) groups is 3. The number of hydrogen-bond acceptors (Lipinski definition) is 4. The summed E-state index contributed by atoms with van der Waals surface area (Å²) in [4.78, 5) is 35.1. The maximum absolute atomic E-state index is 12.2. The molecule has 1 heterocycles. The molecule has 0 aromatic carbocycles. The van der Waals surface area contributed by atoms with Crippen LogP contribution in [0.4, 0.5) is 0 Å². The normalized spacial score (nSPS) is 23.4. The summed E-state index contributed by atoms with van der Waals surface area (Å²) in [6.45, 7) is 2.50. The van der Waals surface area contributed by atoms with Gasteiger partial charge >= 0.3 is 0 Å². The van der Waals surface area contributed by atoms with Crippen LogP contribution in [0.2, 0.25) is 0 Å². The van der Waals surface area contributed by atoms with E-state index in [9.17, 15) is 14.4 Å². The molecule has 5 N–H and O–H groups in total. The molecule has 1 fully saturated rings. The van der Waals surface area contributed by atoms with Gasteiger partial charge in [0, 0.05) is 6.54 Å². The van der Waals surface area contributed by atoms with Gasteiger partial charge < -0.3 is 21.7 Å². The van der Waals surface area contributed by atoms with E-state index in [2.05, 4.69) is 5.32 Å². The molecule has 0 aliphatic carbocycles. The third-order valence-electron chi connectivity index (χ3n) is 2.87. The Bertz CT molecular complexity index is 320. The first-order chi connectivity index (χ1) is 7.85. The molecule has 0 radical (unpaired) electrons. The smallest absolute Gasteiger partial charge is 0.237 e. The van der Waals surface area contributed by atoms with Crippen molar-refractivity contribution in [1.29, 1.82) is 0 Å². The van der Waals surface area contributed by atoms with Crippen LogP contribution >= 0.6 is 0 Å². The quantitative estimate of drug-likeness (QED) is 0.506. The van der Waals surface area contributed by atoms with Gasteiger partial charge in [-0.05, 0) is 19.9 Å². The van der Waals surface area contributed by atoms with E-state index in [0.29, 0.717) is 13.0 Å². The molecule has 1 saturated heterocycles. The minimum atomic E-state index is -0.658. The van der Waals surface area contributed by atoms with Gasteiger partial charge in [0.15, 0.2) is 0 Å². The van der Waals surface area contributed by atoms with Gasteiger partial charge in [-0.3, -0.25) is 14.4 Å². The van der Waals surface area contributed by atoms with Crippen molar-refractivity contribution in [2.75, 3.05) is 26.2 Å². The summed E-state index contributed by atoms with van der Waals surface area (Å²) in [6.07, 6.45) is 0.667. The second kappa shape index (κ2) is 5.13. The number of amides is 3. The fourth-order valence-electron chi connectivity index (χ4n) is 1.96. The molecule has 1 aliphatic rings. The van der Waals surface area contributed by atoms with E-state index in [-0.39, 0.29) is 19.0 Å². The van der Waals surface area contributed by atoms with Crippen molar-refractivity contribution in [2.45, 2.75) is 13.3 Å². The van der Waals surface area contributed by atoms with Crippen LogP contribution in [0.15, 0.2) is 0 Å². The topological polar surface area (TPSA) is 119 Å². The second-order valence-electron chi connectivity index (χ2n) is 4.58. The Hall–Kier alpha value is -1.63. The first kappa shape index (κ1) is 13.4. The van der Waals surface area contributed by atoms with E-state index in [1.165, 1.54) is 0 Å². The van der Waals surface area contributed by atoms with Crippen LogP contribution in [0.1, 0.15) is 13.3 Å². The van der Waals surface area contributed by atoms with Gasteiger partial charge in [-0.25, -0.2) is 0 Å². The summed E-state index contributed by atoms with van der Waals surface area (Å²) in [7, 11) is 0. The number of primary amides is 2. The first-order valence-electron chi connectivity index (χ1n) is 5.42. The number of hydrogen-bond donors (Lipinski definition) is 3. The van der Waals surface area contributed by atoms with Gasteiger partial charge in [0.25, 0.3) is 0 Å². The van der Waals surface area contributed by atoms with E-state index >= 15 is 0 Å². The number of nitrogens with two attached hydrogens (primary N) is 2. The van der Waals surface area contributed by atoms with Crippen molar-refractivity contribution in [3.63, 3.8) is 0 Å². The highest BCUT2D eigenvalue weighted by Crippen LogP contribution is 2.26. The Morgan fingerprint density at radius 1 is 1.24 bits per heavy atom. The maximum Gasteiger partial charge on any atom is 0.237 e. The molecule has 0 bridgehead atoms. The third kappa shape index (κ3) is 3.42.